The van der Waals surface area contributed by atoms with Crippen LogP contribution in [0.5, 0.6) is 0 Å². The molecule has 5 rings (SSSR count). The molecule has 0 bridgehead atoms. The maximum atomic E-state index is 4.99. The summed E-state index contributed by atoms with van der Waals surface area (Å²) in [5, 5.41) is 8.03. The number of fused-ring (bicyclic) bond motifs is 1. The predicted octanol–water partition coefficient (Wildman–Crippen LogP) is 6.15. The fraction of sp³-hybridized carbons (Fsp3) is 0.261. The largest absolute Gasteiger partial charge is 0.366 e. The van der Waals surface area contributed by atoms with Gasteiger partial charge in [-0.2, -0.15) is 9.61 Å². The van der Waals surface area contributed by atoms with Crippen LogP contribution >= 0.6 is 43.8 Å². The van der Waals surface area contributed by atoms with Crippen molar-refractivity contribution in [2.45, 2.75) is 30.2 Å². The molecule has 1 fully saturated rings. The van der Waals surface area contributed by atoms with Crippen molar-refractivity contribution in [3.8, 4) is 0 Å². The highest BCUT2D eigenvalue weighted by atomic mass is 79.9. The third-order valence-electron chi connectivity index (χ3n) is 5.50. The van der Waals surface area contributed by atoms with Gasteiger partial charge in [0.1, 0.15) is 5.82 Å². The highest BCUT2D eigenvalue weighted by Gasteiger charge is 2.25. The van der Waals surface area contributed by atoms with Crippen LogP contribution in [0.3, 0.4) is 0 Å². The zero-order chi connectivity index (χ0) is 21.9. The number of hydrogen-bond acceptors (Lipinski definition) is 6. The topological polar surface area (TPSA) is 58.4 Å². The lowest BCUT2D eigenvalue weighted by Crippen LogP contribution is -2.29. The second-order valence-corrected chi connectivity index (χ2v) is 10.7. The molecule has 0 amide bonds. The molecule has 3 aromatic heterocycles. The molecule has 0 radical (unpaired) electrons. The van der Waals surface area contributed by atoms with Crippen molar-refractivity contribution in [1.82, 2.24) is 23.9 Å². The molecule has 0 saturated carbocycles. The van der Waals surface area contributed by atoms with E-state index in [0.29, 0.717) is 12.5 Å². The molecule has 4 aromatic rings. The molecule has 1 aliphatic heterocycles. The van der Waals surface area contributed by atoms with Crippen LogP contribution in [-0.4, -0.2) is 37.0 Å². The number of hydrogen-bond donors (Lipinski definition) is 1. The van der Waals surface area contributed by atoms with Crippen molar-refractivity contribution in [2.75, 3.05) is 18.4 Å². The molecule has 1 atom stereocenters. The lowest BCUT2D eigenvalue weighted by Gasteiger charge is -2.31. The van der Waals surface area contributed by atoms with Crippen LogP contribution in [0, 0.1) is 0 Å². The minimum absolute atomic E-state index is 0.373. The van der Waals surface area contributed by atoms with E-state index in [2.05, 4.69) is 88.0 Å². The predicted molar refractivity (Wildman–Crippen MR) is 136 cm³/mol. The second-order valence-electron chi connectivity index (χ2n) is 7.78. The lowest BCUT2D eigenvalue weighted by atomic mass is 9.96. The number of rotatable bonds is 6. The Bertz CT molecular complexity index is 1200. The van der Waals surface area contributed by atoms with Gasteiger partial charge in [-0.15, -0.1) is 0 Å². The molecule has 1 aliphatic rings. The van der Waals surface area contributed by atoms with E-state index >= 15 is 0 Å². The van der Waals surface area contributed by atoms with E-state index in [1.165, 1.54) is 4.90 Å². The third kappa shape index (κ3) is 5.01. The first-order chi connectivity index (χ1) is 15.7. The molecule has 1 aromatic carbocycles. The van der Waals surface area contributed by atoms with E-state index in [9.17, 15) is 0 Å². The Morgan fingerprint density at radius 1 is 1.12 bits per heavy atom. The van der Waals surface area contributed by atoms with Crippen molar-refractivity contribution in [3.63, 3.8) is 0 Å². The van der Waals surface area contributed by atoms with Gasteiger partial charge >= 0.3 is 0 Å². The van der Waals surface area contributed by atoms with E-state index in [1.807, 2.05) is 28.7 Å². The van der Waals surface area contributed by atoms with Crippen molar-refractivity contribution in [2.24, 2.45) is 0 Å². The molecule has 0 spiro atoms. The average Bonchev–Trinajstić information content (AvgIpc) is 3.21. The molecule has 6 nitrogen and oxygen atoms in total. The van der Waals surface area contributed by atoms with E-state index in [4.69, 9.17) is 4.98 Å². The van der Waals surface area contributed by atoms with Crippen molar-refractivity contribution < 1.29 is 0 Å². The lowest BCUT2D eigenvalue weighted by molar-refractivity contribution is 0.339. The Hall–Kier alpha value is -1.94. The highest BCUT2D eigenvalue weighted by molar-refractivity contribution is 9.11. The van der Waals surface area contributed by atoms with Crippen LogP contribution in [0.4, 0.5) is 5.82 Å². The summed E-state index contributed by atoms with van der Waals surface area (Å²) < 4.78 is 6.33. The molecule has 1 unspecified atom stereocenters. The Labute approximate surface area is 208 Å². The minimum Gasteiger partial charge on any atom is -0.366 e. The molecule has 1 saturated heterocycles. The number of anilines is 1. The minimum atomic E-state index is 0.373. The molecule has 164 valence electrons. The van der Waals surface area contributed by atoms with Gasteiger partial charge in [0.25, 0.3) is 0 Å². The SMILES string of the molecule is Brc1ccc(SN2CCCC(c3cc(NCc4cccnc4)n4ncc(Br)c4n3)C2)cc1. The molecule has 32 heavy (non-hydrogen) atoms. The normalized spacial score (nSPS) is 17.0. The quantitative estimate of drug-likeness (QED) is 0.279. The first-order valence-electron chi connectivity index (χ1n) is 10.5. The first-order valence-corrected chi connectivity index (χ1v) is 12.9. The number of nitrogens with zero attached hydrogens (tertiary/aromatic N) is 5. The Balaban J connectivity index is 1.37. The van der Waals surface area contributed by atoms with E-state index in [1.54, 1.807) is 12.4 Å². The van der Waals surface area contributed by atoms with Crippen LogP contribution < -0.4 is 5.32 Å². The van der Waals surface area contributed by atoms with Gasteiger partial charge in [0, 0.05) is 53.4 Å². The van der Waals surface area contributed by atoms with Crippen molar-refractivity contribution in [1.29, 1.82) is 0 Å². The van der Waals surface area contributed by atoms with Gasteiger partial charge in [-0.1, -0.05) is 22.0 Å². The maximum absolute atomic E-state index is 4.99. The summed E-state index contributed by atoms with van der Waals surface area (Å²) in [5.41, 5.74) is 3.07. The van der Waals surface area contributed by atoms with Crippen LogP contribution in [0.1, 0.15) is 30.0 Å². The van der Waals surface area contributed by atoms with Gasteiger partial charge < -0.3 is 5.32 Å². The van der Waals surface area contributed by atoms with Gasteiger partial charge in [-0.3, -0.25) is 4.98 Å². The molecular weight excluding hydrogens is 552 g/mol. The summed E-state index contributed by atoms with van der Waals surface area (Å²) in [6.45, 7) is 2.74. The Kier molecular flexibility index (Phi) is 6.77. The van der Waals surface area contributed by atoms with Gasteiger partial charge in [-0.05, 0) is 76.6 Å². The number of pyridine rings is 1. The second kappa shape index (κ2) is 9.91. The summed E-state index contributed by atoms with van der Waals surface area (Å²) >= 11 is 8.96. The average molecular weight is 574 g/mol. The zero-order valence-corrected chi connectivity index (χ0v) is 21.3. The summed E-state index contributed by atoms with van der Waals surface area (Å²) in [4.78, 5) is 10.5. The summed E-state index contributed by atoms with van der Waals surface area (Å²) in [6, 6.07) is 14.7. The molecule has 4 heterocycles. The van der Waals surface area contributed by atoms with Gasteiger partial charge in [0.05, 0.1) is 16.4 Å². The fourth-order valence-electron chi connectivity index (χ4n) is 3.90. The number of aromatic nitrogens is 4. The van der Waals surface area contributed by atoms with E-state index in [0.717, 1.165) is 57.6 Å². The monoisotopic (exact) mass is 572 g/mol. The van der Waals surface area contributed by atoms with E-state index in [-0.39, 0.29) is 0 Å². The Morgan fingerprint density at radius 3 is 2.81 bits per heavy atom. The summed E-state index contributed by atoms with van der Waals surface area (Å²) in [7, 11) is 0. The number of benzene rings is 1. The zero-order valence-electron chi connectivity index (χ0n) is 17.3. The molecule has 0 aliphatic carbocycles. The van der Waals surface area contributed by atoms with E-state index < -0.39 is 0 Å². The van der Waals surface area contributed by atoms with Gasteiger partial charge in [-0.25, -0.2) is 9.29 Å². The summed E-state index contributed by atoms with van der Waals surface area (Å²) in [6.07, 6.45) is 7.76. The fourth-order valence-corrected chi connectivity index (χ4v) is 5.54. The summed E-state index contributed by atoms with van der Waals surface area (Å²) in [5.74, 6) is 1.31. The first kappa shape index (κ1) is 21.9. The smallest absolute Gasteiger partial charge is 0.171 e. The third-order valence-corrected chi connectivity index (χ3v) is 7.66. The highest BCUT2D eigenvalue weighted by Crippen LogP contribution is 2.34. The van der Waals surface area contributed by atoms with Gasteiger partial charge in [0.15, 0.2) is 5.65 Å². The molecule has 9 heteroatoms. The van der Waals surface area contributed by atoms with Crippen molar-refractivity contribution in [3.05, 3.63) is 81.3 Å². The van der Waals surface area contributed by atoms with Crippen LogP contribution in [0.25, 0.3) is 5.65 Å². The van der Waals surface area contributed by atoms with Crippen LogP contribution in [-0.2, 0) is 6.54 Å². The Morgan fingerprint density at radius 2 is 2.00 bits per heavy atom. The molecule has 1 N–H and O–H groups in total. The van der Waals surface area contributed by atoms with Crippen LogP contribution in [0.15, 0.2) is 74.9 Å². The number of piperidine rings is 1. The van der Waals surface area contributed by atoms with Gasteiger partial charge in [0.2, 0.25) is 0 Å². The van der Waals surface area contributed by atoms with Crippen LogP contribution in [0.2, 0.25) is 0 Å². The number of nitrogens with one attached hydrogen (secondary N) is 1. The van der Waals surface area contributed by atoms with Crippen molar-refractivity contribution >= 4 is 55.3 Å². The standard InChI is InChI=1S/C23H22Br2N6S/c24-18-5-7-19(8-6-18)32-30-10-2-4-17(15-30)21-11-22(27-13-16-3-1-9-26-12-16)31-23(29-21)20(25)14-28-31/h1,3,5-9,11-12,14,17,27H,2,4,10,13,15H2. The molecular formula is C23H22Br2N6S. The maximum Gasteiger partial charge on any atom is 0.171 e. The number of halogens is 2.